The van der Waals surface area contributed by atoms with Crippen molar-refractivity contribution in [2.45, 2.75) is 44.1 Å². The number of hydrogen-bond acceptors (Lipinski definition) is 6. The van der Waals surface area contributed by atoms with Crippen LogP contribution in [0.25, 0.3) is 0 Å². The van der Waals surface area contributed by atoms with Crippen molar-refractivity contribution in [3.05, 3.63) is 33.2 Å². The van der Waals surface area contributed by atoms with Crippen LogP contribution in [0.1, 0.15) is 48.2 Å². The predicted molar refractivity (Wildman–Crippen MR) is 88.1 cm³/mol. The van der Waals surface area contributed by atoms with E-state index in [9.17, 15) is 4.79 Å². The molecule has 0 aromatic carbocycles. The lowest BCUT2D eigenvalue weighted by Crippen LogP contribution is -2.49. The highest BCUT2D eigenvalue weighted by atomic mass is 32.1. The molecule has 2 aromatic rings. The Kier molecular flexibility index (Phi) is 3.04. The SMILES string of the molecule is O=c1ccc(C2CC2)nn1CC1CN(c2nnc(C3CC3)s2)C1. The van der Waals surface area contributed by atoms with Crippen molar-refractivity contribution in [2.24, 2.45) is 5.92 Å². The first kappa shape index (κ1) is 13.7. The Balaban J connectivity index is 1.23. The van der Waals surface area contributed by atoms with Crippen molar-refractivity contribution in [1.29, 1.82) is 0 Å². The van der Waals surface area contributed by atoms with E-state index < -0.39 is 0 Å². The number of anilines is 1. The summed E-state index contributed by atoms with van der Waals surface area (Å²) >= 11 is 1.73. The molecule has 120 valence electrons. The molecular formula is C16H19N5OS. The number of rotatable bonds is 5. The van der Waals surface area contributed by atoms with E-state index in [0.717, 1.165) is 23.9 Å². The fourth-order valence-corrected chi connectivity index (χ4v) is 4.16. The molecule has 0 atom stereocenters. The van der Waals surface area contributed by atoms with Gasteiger partial charge >= 0.3 is 0 Å². The highest BCUT2D eigenvalue weighted by molar-refractivity contribution is 7.15. The van der Waals surface area contributed by atoms with Gasteiger partial charge in [-0.25, -0.2) is 4.68 Å². The van der Waals surface area contributed by atoms with Crippen LogP contribution in [0.4, 0.5) is 5.13 Å². The first-order chi connectivity index (χ1) is 11.3. The van der Waals surface area contributed by atoms with Gasteiger partial charge in [-0.3, -0.25) is 4.79 Å². The second-order valence-electron chi connectivity index (χ2n) is 7.02. The van der Waals surface area contributed by atoms with Crippen LogP contribution in [0.5, 0.6) is 0 Å². The molecule has 0 radical (unpaired) electrons. The van der Waals surface area contributed by atoms with Crippen LogP contribution in [0.3, 0.4) is 0 Å². The van der Waals surface area contributed by atoms with Crippen molar-refractivity contribution >= 4 is 16.5 Å². The molecule has 5 rings (SSSR count). The van der Waals surface area contributed by atoms with Crippen LogP contribution in [0.2, 0.25) is 0 Å². The Labute approximate surface area is 138 Å². The Morgan fingerprint density at radius 2 is 1.87 bits per heavy atom. The molecule has 2 aromatic heterocycles. The number of nitrogens with zero attached hydrogens (tertiary/aromatic N) is 5. The van der Waals surface area contributed by atoms with Crippen LogP contribution >= 0.6 is 11.3 Å². The van der Waals surface area contributed by atoms with Gasteiger partial charge in [-0.1, -0.05) is 11.3 Å². The smallest absolute Gasteiger partial charge is 0.266 e. The lowest BCUT2D eigenvalue weighted by Gasteiger charge is -2.38. The van der Waals surface area contributed by atoms with E-state index in [4.69, 9.17) is 0 Å². The molecule has 0 N–H and O–H groups in total. The molecule has 3 fully saturated rings. The van der Waals surface area contributed by atoms with E-state index in [2.05, 4.69) is 20.2 Å². The van der Waals surface area contributed by atoms with Gasteiger partial charge < -0.3 is 4.90 Å². The Hall–Kier alpha value is -1.76. The van der Waals surface area contributed by atoms with Gasteiger partial charge in [0.25, 0.3) is 5.56 Å². The lowest BCUT2D eigenvalue weighted by molar-refractivity contribution is 0.332. The normalized spacial score (nSPS) is 21.5. The van der Waals surface area contributed by atoms with Gasteiger partial charge in [-0.05, 0) is 31.7 Å². The summed E-state index contributed by atoms with van der Waals surface area (Å²) in [5.74, 6) is 1.73. The molecule has 2 saturated carbocycles. The summed E-state index contributed by atoms with van der Waals surface area (Å²) in [6.45, 7) is 2.60. The van der Waals surface area contributed by atoms with Gasteiger partial charge in [0, 0.05) is 36.9 Å². The molecule has 3 heterocycles. The average molecular weight is 329 g/mol. The van der Waals surface area contributed by atoms with Gasteiger partial charge in [0.2, 0.25) is 5.13 Å². The largest absolute Gasteiger partial charge is 0.346 e. The van der Waals surface area contributed by atoms with Gasteiger partial charge in [-0.15, -0.1) is 10.2 Å². The average Bonchev–Trinajstić information content (AvgIpc) is 3.43. The maximum Gasteiger partial charge on any atom is 0.266 e. The molecule has 0 bridgehead atoms. The zero-order valence-corrected chi connectivity index (χ0v) is 13.7. The van der Waals surface area contributed by atoms with E-state index in [-0.39, 0.29) is 5.56 Å². The summed E-state index contributed by atoms with van der Waals surface area (Å²) < 4.78 is 1.66. The van der Waals surface area contributed by atoms with Crippen molar-refractivity contribution < 1.29 is 0 Å². The third-order valence-electron chi connectivity index (χ3n) is 4.90. The summed E-state index contributed by atoms with van der Waals surface area (Å²) in [5, 5.41) is 15.4. The lowest BCUT2D eigenvalue weighted by atomic mass is 10.0. The van der Waals surface area contributed by atoms with Crippen molar-refractivity contribution in [3.8, 4) is 0 Å². The summed E-state index contributed by atoms with van der Waals surface area (Å²) in [5.41, 5.74) is 1.10. The molecule has 2 aliphatic carbocycles. The van der Waals surface area contributed by atoms with E-state index in [1.54, 1.807) is 22.1 Å². The molecule has 7 heteroatoms. The molecule has 6 nitrogen and oxygen atoms in total. The Morgan fingerprint density at radius 3 is 2.61 bits per heavy atom. The van der Waals surface area contributed by atoms with Crippen LogP contribution in [-0.2, 0) is 6.54 Å². The predicted octanol–water partition coefficient (Wildman–Crippen LogP) is 1.99. The highest BCUT2D eigenvalue weighted by Gasteiger charge is 2.33. The zero-order chi connectivity index (χ0) is 15.4. The number of aromatic nitrogens is 4. The molecule has 0 spiro atoms. The Bertz CT molecular complexity index is 786. The first-order valence-electron chi connectivity index (χ1n) is 8.42. The fourth-order valence-electron chi connectivity index (χ4n) is 3.13. The third kappa shape index (κ3) is 2.67. The van der Waals surface area contributed by atoms with E-state index in [0.29, 0.717) is 24.3 Å². The van der Waals surface area contributed by atoms with Crippen LogP contribution in [0, 0.1) is 5.92 Å². The maximum atomic E-state index is 12.0. The first-order valence-corrected chi connectivity index (χ1v) is 9.24. The second-order valence-corrected chi connectivity index (χ2v) is 8.01. The fraction of sp³-hybridized carbons (Fsp3) is 0.625. The summed E-state index contributed by atoms with van der Waals surface area (Å²) in [4.78, 5) is 14.3. The molecule has 0 amide bonds. The summed E-state index contributed by atoms with van der Waals surface area (Å²) in [6.07, 6.45) is 4.96. The van der Waals surface area contributed by atoms with Crippen molar-refractivity contribution in [2.75, 3.05) is 18.0 Å². The Morgan fingerprint density at radius 1 is 1.09 bits per heavy atom. The van der Waals surface area contributed by atoms with E-state index >= 15 is 0 Å². The summed E-state index contributed by atoms with van der Waals surface area (Å²) in [7, 11) is 0. The van der Waals surface area contributed by atoms with E-state index in [1.165, 1.54) is 30.7 Å². The van der Waals surface area contributed by atoms with Crippen LogP contribution < -0.4 is 10.5 Å². The molecular weight excluding hydrogens is 310 g/mol. The minimum atomic E-state index is 0.0137. The molecule has 1 aliphatic heterocycles. The molecule has 1 saturated heterocycles. The summed E-state index contributed by atoms with van der Waals surface area (Å²) in [6, 6.07) is 3.56. The van der Waals surface area contributed by atoms with E-state index in [1.807, 2.05) is 6.07 Å². The quantitative estimate of drug-likeness (QED) is 0.839. The van der Waals surface area contributed by atoms with Gasteiger partial charge in [0.05, 0.1) is 12.2 Å². The van der Waals surface area contributed by atoms with Gasteiger partial charge in [0.1, 0.15) is 5.01 Å². The second kappa shape index (κ2) is 5.12. The maximum absolute atomic E-state index is 12.0. The number of hydrogen-bond donors (Lipinski definition) is 0. The molecule has 3 aliphatic rings. The minimum Gasteiger partial charge on any atom is -0.346 e. The minimum absolute atomic E-state index is 0.0137. The molecule has 0 unspecified atom stereocenters. The van der Waals surface area contributed by atoms with Crippen molar-refractivity contribution in [3.63, 3.8) is 0 Å². The van der Waals surface area contributed by atoms with Gasteiger partial charge in [0.15, 0.2) is 0 Å². The molecule has 23 heavy (non-hydrogen) atoms. The zero-order valence-electron chi connectivity index (χ0n) is 12.9. The van der Waals surface area contributed by atoms with Crippen LogP contribution in [-0.4, -0.2) is 33.1 Å². The topological polar surface area (TPSA) is 63.9 Å². The van der Waals surface area contributed by atoms with Gasteiger partial charge in [-0.2, -0.15) is 5.10 Å². The van der Waals surface area contributed by atoms with Crippen LogP contribution in [0.15, 0.2) is 16.9 Å². The highest BCUT2D eigenvalue weighted by Crippen LogP contribution is 2.43. The van der Waals surface area contributed by atoms with Crippen molar-refractivity contribution in [1.82, 2.24) is 20.0 Å². The third-order valence-corrected chi connectivity index (χ3v) is 6.04. The monoisotopic (exact) mass is 329 g/mol. The standard InChI is InChI=1S/C16H19N5OS/c22-14-6-5-13(11-1-2-11)19-21(14)9-10-7-20(8-10)16-18-17-15(23-16)12-3-4-12/h5-6,10-12H,1-4,7-9H2.